The molecular weight excluding hydrogens is 471 g/mol. The lowest BCUT2D eigenvalue weighted by Gasteiger charge is -2.19. The number of fused-ring (bicyclic) bond motifs is 1. The molecule has 188 valence electrons. The molecule has 3 N–H and O–H groups in total. The van der Waals surface area contributed by atoms with Gasteiger partial charge < -0.3 is 10.2 Å². The summed E-state index contributed by atoms with van der Waals surface area (Å²) in [6.07, 6.45) is 0.708. The van der Waals surface area contributed by atoms with Crippen LogP contribution in [0.5, 0.6) is 0 Å². The molecule has 1 aliphatic heterocycles. The average Bonchev–Trinajstić information content (AvgIpc) is 3.32. The molecule has 1 aromatic heterocycles. The summed E-state index contributed by atoms with van der Waals surface area (Å²) >= 11 is 0. The summed E-state index contributed by atoms with van der Waals surface area (Å²) in [6.45, 7) is 2.61. The molecule has 0 unspecified atom stereocenters. The zero-order chi connectivity index (χ0) is 25.9. The van der Waals surface area contributed by atoms with Crippen LogP contribution in [0.25, 0.3) is 10.9 Å². The number of nitrogens with zero attached hydrogens (tertiary/aromatic N) is 2. The van der Waals surface area contributed by atoms with E-state index < -0.39 is 17.9 Å². The van der Waals surface area contributed by atoms with Gasteiger partial charge in [-0.15, -0.1) is 0 Å². The Hall–Kier alpha value is -4.30. The Morgan fingerprint density at radius 3 is 2.49 bits per heavy atom. The summed E-state index contributed by atoms with van der Waals surface area (Å²) in [5, 5.41) is 13.3. The first kappa shape index (κ1) is 24.4. The van der Waals surface area contributed by atoms with E-state index in [0.29, 0.717) is 18.5 Å². The van der Waals surface area contributed by atoms with Gasteiger partial charge in [0.1, 0.15) is 5.82 Å². The minimum absolute atomic E-state index is 0.279. The van der Waals surface area contributed by atoms with Gasteiger partial charge >= 0.3 is 0 Å². The lowest BCUT2D eigenvalue weighted by atomic mass is 9.99. The van der Waals surface area contributed by atoms with E-state index in [-0.39, 0.29) is 18.3 Å². The lowest BCUT2D eigenvalue weighted by molar-refractivity contribution is -0.133. The van der Waals surface area contributed by atoms with Crippen LogP contribution in [0.15, 0.2) is 78.9 Å². The number of benzene rings is 3. The zero-order valence-corrected chi connectivity index (χ0v) is 20.3. The summed E-state index contributed by atoms with van der Waals surface area (Å²) in [6, 6.07) is 22.9. The molecule has 7 nitrogen and oxygen atoms in total. The number of para-hydroxylation sites is 1. The Balaban J connectivity index is 1.29. The first-order chi connectivity index (χ1) is 17.9. The van der Waals surface area contributed by atoms with Gasteiger partial charge in [-0.05, 0) is 73.0 Å². The third-order valence-electron chi connectivity index (χ3n) is 6.82. The summed E-state index contributed by atoms with van der Waals surface area (Å²) < 4.78 is 13.3. The minimum Gasteiger partial charge on any atom is -0.369 e. The van der Waals surface area contributed by atoms with Crippen molar-refractivity contribution < 1.29 is 19.2 Å². The summed E-state index contributed by atoms with van der Waals surface area (Å²) in [5.41, 5.74) is 7.06. The molecule has 4 aromatic rings. The Morgan fingerprint density at radius 1 is 1.03 bits per heavy atom. The van der Waals surface area contributed by atoms with Gasteiger partial charge in [0.05, 0.1) is 17.5 Å². The predicted molar refractivity (Wildman–Crippen MR) is 139 cm³/mol. The molecule has 0 radical (unpaired) electrons. The molecule has 5 rings (SSSR count). The molecule has 0 spiro atoms. The number of hydrogen-bond acceptors (Lipinski definition) is 5. The van der Waals surface area contributed by atoms with Crippen LogP contribution < -0.4 is 15.7 Å². The Bertz CT molecular complexity index is 1440. The van der Waals surface area contributed by atoms with Crippen LogP contribution >= 0.6 is 0 Å². The minimum atomic E-state index is -0.665. The molecule has 2 amide bonds. The molecular formula is C29H27FN4O3. The number of amides is 2. The van der Waals surface area contributed by atoms with E-state index >= 15 is 0 Å². The number of pyridine rings is 1. The van der Waals surface area contributed by atoms with Crippen molar-refractivity contribution in [1.82, 2.24) is 15.8 Å². The number of aromatic nitrogens is 1. The van der Waals surface area contributed by atoms with Crippen LogP contribution in [-0.2, 0) is 11.2 Å². The van der Waals surface area contributed by atoms with Gasteiger partial charge in [-0.25, -0.2) is 9.87 Å². The van der Waals surface area contributed by atoms with Crippen LogP contribution in [0.4, 0.5) is 10.1 Å². The maximum atomic E-state index is 13.3. The van der Waals surface area contributed by atoms with Crippen LogP contribution in [-0.4, -0.2) is 41.1 Å². The number of carbonyl (C=O) groups excluding carboxylic acids is 2. The van der Waals surface area contributed by atoms with Crippen molar-refractivity contribution in [2.24, 2.45) is 5.92 Å². The van der Waals surface area contributed by atoms with Crippen molar-refractivity contribution in [3.05, 3.63) is 107 Å². The predicted octanol–water partition coefficient (Wildman–Crippen LogP) is 4.01. The van der Waals surface area contributed by atoms with Gasteiger partial charge in [0.2, 0.25) is 5.91 Å². The van der Waals surface area contributed by atoms with Crippen LogP contribution in [0.2, 0.25) is 0 Å². The fourth-order valence-corrected chi connectivity index (χ4v) is 4.95. The highest BCUT2D eigenvalue weighted by molar-refractivity contribution is 5.95. The van der Waals surface area contributed by atoms with Crippen LogP contribution in [0.1, 0.15) is 27.2 Å². The highest BCUT2D eigenvalue weighted by Crippen LogP contribution is 2.26. The van der Waals surface area contributed by atoms with Gasteiger partial charge in [-0.3, -0.25) is 19.8 Å². The van der Waals surface area contributed by atoms with E-state index in [1.807, 2.05) is 42.2 Å². The topological polar surface area (TPSA) is 94.6 Å². The third kappa shape index (κ3) is 5.29. The maximum Gasteiger partial charge on any atom is 0.251 e. The molecule has 0 aliphatic carbocycles. The first-order valence-corrected chi connectivity index (χ1v) is 12.1. The van der Waals surface area contributed by atoms with E-state index in [4.69, 9.17) is 0 Å². The fraction of sp³-hybridized carbons (Fsp3) is 0.207. The van der Waals surface area contributed by atoms with Crippen molar-refractivity contribution in [3.8, 4) is 0 Å². The van der Waals surface area contributed by atoms with Crippen molar-refractivity contribution in [3.63, 3.8) is 0 Å². The summed E-state index contributed by atoms with van der Waals surface area (Å²) in [4.78, 5) is 31.8. The standard InChI is InChI=1S/C29H27FN4O3/c1-18-14-21(24-4-2-3-5-26(24)31-18)15-19-6-8-20(9-7-19)28(35)32-27-17-34(16-25(27)29(36)33-37)23-12-10-22(30)11-13-23/h2-14,25,27,37H,15-17H2,1H3,(H,32,35)(H,33,36)/t25-,27+/m0/s1. The monoisotopic (exact) mass is 498 g/mol. The number of rotatable bonds is 6. The number of aryl methyl sites for hydroxylation is 1. The molecule has 0 saturated carbocycles. The van der Waals surface area contributed by atoms with Gasteiger partial charge in [-0.1, -0.05) is 30.3 Å². The average molecular weight is 499 g/mol. The van der Waals surface area contributed by atoms with Gasteiger partial charge in [0.25, 0.3) is 5.91 Å². The van der Waals surface area contributed by atoms with Crippen molar-refractivity contribution >= 4 is 28.4 Å². The molecule has 2 heterocycles. The molecule has 2 atom stereocenters. The van der Waals surface area contributed by atoms with Gasteiger partial charge in [-0.2, -0.15) is 0 Å². The molecule has 37 heavy (non-hydrogen) atoms. The first-order valence-electron chi connectivity index (χ1n) is 12.1. The smallest absolute Gasteiger partial charge is 0.251 e. The summed E-state index contributed by atoms with van der Waals surface area (Å²) in [7, 11) is 0. The largest absolute Gasteiger partial charge is 0.369 e. The highest BCUT2D eigenvalue weighted by atomic mass is 19.1. The highest BCUT2D eigenvalue weighted by Gasteiger charge is 2.38. The van der Waals surface area contributed by atoms with Crippen LogP contribution in [0.3, 0.4) is 0 Å². The Morgan fingerprint density at radius 2 is 1.76 bits per heavy atom. The second kappa shape index (κ2) is 10.4. The number of nitrogens with one attached hydrogen (secondary N) is 2. The van der Waals surface area contributed by atoms with E-state index in [9.17, 15) is 19.2 Å². The molecule has 8 heteroatoms. The fourth-order valence-electron chi connectivity index (χ4n) is 4.95. The number of halogens is 1. The van der Waals surface area contributed by atoms with E-state index in [2.05, 4.69) is 22.4 Å². The van der Waals surface area contributed by atoms with E-state index in [1.54, 1.807) is 29.7 Å². The molecule has 1 saturated heterocycles. The lowest BCUT2D eigenvalue weighted by Crippen LogP contribution is -2.45. The third-order valence-corrected chi connectivity index (χ3v) is 6.82. The number of carbonyl (C=O) groups is 2. The van der Waals surface area contributed by atoms with Gasteiger partial charge in [0, 0.05) is 35.4 Å². The normalized spacial score (nSPS) is 17.1. The van der Waals surface area contributed by atoms with E-state index in [1.165, 1.54) is 17.7 Å². The summed E-state index contributed by atoms with van der Waals surface area (Å²) in [5.74, 6) is -1.90. The molecule has 1 aliphatic rings. The number of hydrogen-bond donors (Lipinski definition) is 3. The maximum absolute atomic E-state index is 13.3. The van der Waals surface area contributed by atoms with Gasteiger partial charge in [0.15, 0.2) is 0 Å². The molecule has 1 fully saturated rings. The Labute approximate surface area is 213 Å². The number of anilines is 1. The second-order valence-electron chi connectivity index (χ2n) is 9.36. The molecule has 3 aromatic carbocycles. The van der Waals surface area contributed by atoms with Crippen molar-refractivity contribution in [1.29, 1.82) is 0 Å². The van der Waals surface area contributed by atoms with Crippen LogP contribution in [0, 0.1) is 18.7 Å². The zero-order valence-electron chi connectivity index (χ0n) is 20.3. The quantitative estimate of drug-likeness (QED) is 0.276. The number of hydroxylamine groups is 1. The molecule has 0 bridgehead atoms. The Kier molecular flexibility index (Phi) is 6.83. The SMILES string of the molecule is Cc1cc(Cc2ccc(C(=O)N[C@@H]3CN(c4ccc(F)cc4)C[C@@H]3C(=O)NO)cc2)c2ccccc2n1. The van der Waals surface area contributed by atoms with Crippen molar-refractivity contribution in [2.75, 3.05) is 18.0 Å². The second-order valence-corrected chi connectivity index (χ2v) is 9.36. The van der Waals surface area contributed by atoms with E-state index in [0.717, 1.165) is 27.8 Å². The van der Waals surface area contributed by atoms with Crippen molar-refractivity contribution in [2.45, 2.75) is 19.4 Å².